The highest BCUT2D eigenvalue weighted by molar-refractivity contribution is 7.09. The number of rotatable bonds is 5. The summed E-state index contributed by atoms with van der Waals surface area (Å²) >= 11 is 1.57. The van der Waals surface area contributed by atoms with E-state index in [1.807, 2.05) is 30.1 Å². The zero-order valence-corrected chi connectivity index (χ0v) is 13.4. The zero-order valence-electron chi connectivity index (χ0n) is 12.6. The molecule has 0 radical (unpaired) electrons. The molecule has 0 aliphatic heterocycles. The van der Waals surface area contributed by atoms with E-state index < -0.39 is 0 Å². The molecule has 21 heavy (non-hydrogen) atoms. The summed E-state index contributed by atoms with van der Waals surface area (Å²) in [5, 5.41) is 10.4. The number of aromatic nitrogens is 3. The summed E-state index contributed by atoms with van der Waals surface area (Å²) in [6, 6.07) is 0.343. The highest BCUT2D eigenvalue weighted by Gasteiger charge is 2.31. The van der Waals surface area contributed by atoms with Crippen LogP contribution < -0.4 is 5.32 Å². The van der Waals surface area contributed by atoms with E-state index >= 15 is 0 Å². The predicted octanol–water partition coefficient (Wildman–Crippen LogP) is 3.11. The summed E-state index contributed by atoms with van der Waals surface area (Å²) in [7, 11) is 0. The van der Waals surface area contributed by atoms with Gasteiger partial charge in [0.15, 0.2) is 0 Å². The van der Waals surface area contributed by atoms with Gasteiger partial charge in [-0.2, -0.15) is 5.10 Å². The monoisotopic (exact) mass is 304 g/mol. The maximum absolute atomic E-state index is 12.2. The molecule has 2 aromatic heterocycles. The Balaban J connectivity index is 1.71. The molecule has 3 rings (SSSR count). The van der Waals surface area contributed by atoms with E-state index in [-0.39, 0.29) is 5.91 Å². The van der Waals surface area contributed by atoms with E-state index in [2.05, 4.69) is 22.3 Å². The Hall–Kier alpha value is -1.69. The number of nitrogens with zero attached hydrogens (tertiary/aromatic N) is 3. The molecule has 1 aliphatic carbocycles. The third-order valence-electron chi connectivity index (χ3n) is 3.93. The highest BCUT2D eigenvalue weighted by Crippen LogP contribution is 2.40. The van der Waals surface area contributed by atoms with E-state index in [0.717, 1.165) is 22.1 Å². The van der Waals surface area contributed by atoms with E-state index in [9.17, 15) is 4.79 Å². The molecule has 112 valence electrons. The van der Waals surface area contributed by atoms with Crippen molar-refractivity contribution in [2.75, 3.05) is 5.32 Å². The minimum absolute atomic E-state index is 0.0341. The van der Waals surface area contributed by atoms with Gasteiger partial charge in [-0.25, -0.2) is 9.67 Å². The first-order valence-electron chi connectivity index (χ1n) is 7.29. The molecule has 1 aliphatic rings. The van der Waals surface area contributed by atoms with Crippen LogP contribution in [0, 0.1) is 19.8 Å². The molecule has 1 amide bonds. The number of carbonyl (C=O) groups excluding carboxylic acids is 1. The Kier molecular flexibility index (Phi) is 3.80. The van der Waals surface area contributed by atoms with Crippen molar-refractivity contribution in [2.24, 2.45) is 5.92 Å². The Morgan fingerprint density at radius 2 is 2.29 bits per heavy atom. The van der Waals surface area contributed by atoms with E-state index in [4.69, 9.17) is 0 Å². The summed E-state index contributed by atoms with van der Waals surface area (Å²) in [5.74, 6) is 1.49. The molecule has 1 saturated carbocycles. The molecule has 5 nitrogen and oxygen atoms in total. The number of hydrogen-bond donors (Lipinski definition) is 1. The summed E-state index contributed by atoms with van der Waals surface area (Å²) in [5.41, 5.74) is 1.83. The van der Waals surface area contributed by atoms with Crippen LogP contribution in [-0.4, -0.2) is 20.7 Å². The normalized spacial score (nSPS) is 16.0. The molecule has 0 saturated heterocycles. The largest absolute Gasteiger partial charge is 0.310 e. The molecule has 1 fully saturated rings. The van der Waals surface area contributed by atoms with Crippen molar-refractivity contribution in [3.8, 4) is 0 Å². The Bertz CT molecular complexity index is 656. The van der Waals surface area contributed by atoms with Gasteiger partial charge in [-0.3, -0.25) is 4.79 Å². The lowest BCUT2D eigenvalue weighted by Crippen LogP contribution is -2.20. The molecule has 2 aromatic rings. The van der Waals surface area contributed by atoms with Crippen molar-refractivity contribution in [1.29, 1.82) is 0 Å². The first-order chi connectivity index (χ1) is 10.0. The molecule has 0 aromatic carbocycles. The van der Waals surface area contributed by atoms with Crippen LogP contribution in [0.2, 0.25) is 0 Å². The van der Waals surface area contributed by atoms with E-state index in [1.54, 1.807) is 11.3 Å². The molecule has 1 atom stereocenters. The zero-order chi connectivity index (χ0) is 15.0. The Morgan fingerprint density at radius 1 is 1.52 bits per heavy atom. The van der Waals surface area contributed by atoms with Gasteiger partial charge in [0, 0.05) is 10.9 Å². The lowest BCUT2D eigenvalue weighted by molar-refractivity contribution is -0.115. The second-order valence-corrected chi connectivity index (χ2v) is 6.84. The fourth-order valence-electron chi connectivity index (χ4n) is 2.52. The van der Waals surface area contributed by atoms with Crippen molar-refractivity contribution in [2.45, 2.75) is 46.1 Å². The average molecular weight is 304 g/mol. The second-order valence-electron chi connectivity index (χ2n) is 5.78. The van der Waals surface area contributed by atoms with Crippen molar-refractivity contribution in [3.63, 3.8) is 0 Å². The molecular weight excluding hydrogens is 284 g/mol. The molecule has 0 spiro atoms. The van der Waals surface area contributed by atoms with Crippen LogP contribution in [0.4, 0.5) is 5.82 Å². The van der Waals surface area contributed by atoms with Gasteiger partial charge in [-0.15, -0.1) is 11.3 Å². The van der Waals surface area contributed by atoms with Crippen LogP contribution in [0.15, 0.2) is 11.6 Å². The topological polar surface area (TPSA) is 59.8 Å². The third-order valence-corrected chi connectivity index (χ3v) is 4.76. The molecule has 1 N–H and O–H groups in total. The van der Waals surface area contributed by atoms with Gasteiger partial charge < -0.3 is 5.32 Å². The smallest absolute Gasteiger partial charge is 0.231 e. The maximum Gasteiger partial charge on any atom is 0.231 e. The molecule has 0 bridgehead atoms. The van der Waals surface area contributed by atoms with Crippen molar-refractivity contribution >= 4 is 23.1 Å². The van der Waals surface area contributed by atoms with Gasteiger partial charge in [-0.1, -0.05) is 0 Å². The minimum atomic E-state index is -0.0341. The minimum Gasteiger partial charge on any atom is -0.310 e. The fourth-order valence-corrected chi connectivity index (χ4v) is 3.13. The summed E-state index contributed by atoms with van der Waals surface area (Å²) in [6.07, 6.45) is 4.64. The fraction of sp³-hybridized carbons (Fsp3) is 0.533. The number of nitrogens with one attached hydrogen (secondary N) is 1. The van der Waals surface area contributed by atoms with Crippen LogP contribution in [0.1, 0.15) is 42.1 Å². The highest BCUT2D eigenvalue weighted by atomic mass is 32.1. The quantitative estimate of drug-likeness (QED) is 0.923. The lowest BCUT2D eigenvalue weighted by atomic mass is 10.2. The third kappa shape index (κ3) is 3.15. The number of thiazole rings is 1. The lowest BCUT2D eigenvalue weighted by Gasteiger charge is -2.16. The van der Waals surface area contributed by atoms with Crippen molar-refractivity contribution in [1.82, 2.24) is 14.8 Å². The van der Waals surface area contributed by atoms with Gasteiger partial charge in [0.1, 0.15) is 5.82 Å². The first-order valence-corrected chi connectivity index (χ1v) is 8.17. The van der Waals surface area contributed by atoms with E-state index in [1.165, 1.54) is 12.8 Å². The number of hydrogen-bond acceptors (Lipinski definition) is 4. The van der Waals surface area contributed by atoms with Gasteiger partial charge >= 0.3 is 0 Å². The molecule has 6 heteroatoms. The SMILES string of the molecule is Cc1nc(CC(=O)Nc2c(C)cnn2C(C)C2CC2)cs1. The van der Waals surface area contributed by atoms with Crippen LogP contribution in [0.5, 0.6) is 0 Å². The predicted molar refractivity (Wildman–Crippen MR) is 83.6 cm³/mol. The summed E-state index contributed by atoms with van der Waals surface area (Å²) < 4.78 is 1.96. The van der Waals surface area contributed by atoms with Gasteiger partial charge in [0.25, 0.3) is 0 Å². The summed E-state index contributed by atoms with van der Waals surface area (Å²) in [4.78, 5) is 16.5. The summed E-state index contributed by atoms with van der Waals surface area (Å²) in [6.45, 7) is 6.10. The average Bonchev–Trinajstić information content (AvgIpc) is 3.13. The van der Waals surface area contributed by atoms with Crippen LogP contribution in [-0.2, 0) is 11.2 Å². The molecule has 2 heterocycles. The Labute approximate surface area is 128 Å². The van der Waals surface area contributed by atoms with Crippen LogP contribution in [0.25, 0.3) is 0 Å². The van der Waals surface area contributed by atoms with Crippen molar-refractivity contribution < 1.29 is 4.79 Å². The van der Waals surface area contributed by atoms with Crippen LogP contribution in [0.3, 0.4) is 0 Å². The Morgan fingerprint density at radius 3 is 2.90 bits per heavy atom. The number of amides is 1. The number of carbonyl (C=O) groups is 1. The van der Waals surface area contributed by atoms with Gasteiger partial charge in [0.05, 0.1) is 29.4 Å². The van der Waals surface area contributed by atoms with Crippen molar-refractivity contribution in [3.05, 3.63) is 27.8 Å². The van der Waals surface area contributed by atoms with Gasteiger partial charge in [-0.05, 0) is 39.5 Å². The molecular formula is C15H20N4OS. The first kappa shape index (κ1) is 14.3. The van der Waals surface area contributed by atoms with Gasteiger partial charge in [0.2, 0.25) is 5.91 Å². The standard InChI is InChI=1S/C15H20N4OS/c1-9-7-16-19(10(2)12-4-5-12)15(9)18-14(20)6-13-8-21-11(3)17-13/h7-8,10,12H,4-6H2,1-3H3,(H,18,20). The molecule has 1 unspecified atom stereocenters. The second kappa shape index (κ2) is 5.60. The number of aryl methyl sites for hydroxylation is 2. The van der Waals surface area contributed by atoms with Crippen LogP contribution >= 0.6 is 11.3 Å². The number of anilines is 1. The van der Waals surface area contributed by atoms with E-state index in [0.29, 0.717) is 18.4 Å². The maximum atomic E-state index is 12.2.